The van der Waals surface area contributed by atoms with Crippen molar-refractivity contribution in [3.05, 3.63) is 35.9 Å². The molecule has 0 radical (unpaired) electrons. The maximum Gasteiger partial charge on any atom is 0.248 e. The largest absolute Gasteiger partial charge is 0.394 e. The normalized spacial score (nSPS) is 15.3. The summed E-state index contributed by atoms with van der Waals surface area (Å²) in [4.78, 5) is 339. The predicted molar refractivity (Wildman–Crippen MR) is 530 cm³/mol. The van der Waals surface area contributed by atoms with Crippen molar-refractivity contribution in [1.82, 2.24) is 111 Å². The number of carbonyl (C=O) groups excluding carboxylic acids is 25. The monoisotopic (exact) mass is 2060 g/mol. The summed E-state index contributed by atoms with van der Waals surface area (Å²) >= 11 is 0. The van der Waals surface area contributed by atoms with E-state index in [1.54, 1.807) is 71.9 Å². The third-order valence-electron chi connectivity index (χ3n) is 23.3. The Morgan fingerprint density at radius 3 is 1.09 bits per heavy atom. The van der Waals surface area contributed by atoms with Gasteiger partial charge in [0.1, 0.15) is 111 Å². The summed E-state index contributed by atoms with van der Waals surface area (Å²) in [6, 6.07) is -9.20. The minimum absolute atomic E-state index is 0.00762. The van der Waals surface area contributed by atoms with Crippen LogP contribution in [0.25, 0.3) is 0 Å². The molecule has 818 valence electrons. The summed E-state index contributed by atoms with van der Waals surface area (Å²) in [5.74, 6) is -23.5. The Kier molecular flexibility index (Phi) is 49.5. The van der Waals surface area contributed by atoms with E-state index in [2.05, 4.69) is 106 Å². The number of carbonyl (C=O) groups is 25. The lowest BCUT2D eigenvalue weighted by Crippen LogP contribution is -2.66. The van der Waals surface area contributed by atoms with Gasteiger partial charge in [-0.05, 0) is 206 Å². The van der Waals surface area contributed by atoms with E-state index in [1.165, 1.54) is 136 Å². The van der Waals surface area contributed by atoms with Crippen LogP contribution in [0.15, 0.2) is 30.3 Å². The SMILES string of the molecule is CC(=O)NC(C)(C)C(=O)N[C@@H](C)C(=O)N[C@@H](C)C(=O)N[C@@H](C)C(=O)NC(C)(C)C(=O)NC(C)(C)C(=O)N[C@@H](CCC(N)=O)C(=O)NC(C)(C)C(=O)N[C@@H](CC(C)C)C(=O)NC(C)(C)C(=O)NCC(=O)N[C@@H](CC(C)C)C(=O)NC(C)(C)C(=O)N1CCC[C@H]1C(=O)N[C@H](C(=O)NC(C)(C)C(=O)N[C@@H](C)C(=O)N[C@@H](CCC(N)=O)C(=O)N[C@@H](CCC(N)=O)C(=O)N[C@@H](CCC(N)=O)C(=O)N[C@H](CO)Cc1ccccc1)C(C)C. The summed E-state index contributed by atoms with van der Waals surface area (Å²) in [6.45, 7) is 33.4. The highest BCUT2D eigenvalue weighted by Gasteiger charge is 2.48. The molecule has 1 heterocycles. The molecule has 1 aromatic carbocycles. The van der Waals surface area contributed by atoms with Crippen LogP contribution in [-0.4, -0.2) is 295 Å². The van der Waals surface area contributed by atoms with Crippen LogP contribution >= 0.6 is 0 Å². The average molecular weight is 2070 g/mol. The summed E-state index contributed by atoms with van der Waals surface area (Å²) in [7, 11) is 0. The topological polar surface area (TPSA) is 795 Å². The molecule has 1 aliphatic rings. The molecule has 29 N–H and O–H groups in total. The molecule has 51 heteroatoms. The van der Waals surface area contributed by atoms with Crippen LogP contribution in [0.2, 0.25) is 0 Å². The Hall–Kier alpha value is -14.1. The molecule has 2 rings (SSSR count). The third kappa shape index (κ3) is 43.1. The van der Waals surface area contributed by atoms with E-state index in [9.17, 15) is 125 Å². The number of likely N-dealkylation sites (tertiary alicyclic amines) is 1. The van der Waals surface area contributed by atoms with E-state index in [1.807, 2.05) is 0 Å². The fourth-order valence-corrected chi connectivity index (χ4v) is 14.5. The molecule has 146 heavy (non-hydrogen) atoms. The summed E-state index contributed by atoms with van der Waals surface area (Å²) in [6.07, 6.45) is -3.18. The number of aliphatic hydroxyl groups excluding tert-OH is 1. The van der Waals surface area contributed by atoms with E-state index < -0.39 is 329 Å². The van der Waals surface area contributed by atoms with Crippen LogP contribution in [0.1, 0.15) is 256 Å². The van der Waals surface area contributed by atoms with Crippen LogP contribution in [0, 0.1) is 17.8 Å². The first kappa shape index (κ1) is 128. The molecule has 0 bridgehead atoms. The van der Waals surface area contributed by atoms with Gasteiger partial charge in [0.15, 0.2) is 0 Å². The Morgan fingerprint density at radius 2 is 0.678 bits per heavy atom. The first-order valence-electron chi connectivity index (χ1n) is 48.3. The molecule has 0 aromatic heterocycles. The van der Waals surface area contributed by atoms with Gasteiger partial charge in [-0.1, -0.05) is 71.9 Å². The highest BCUT2D eigenvalue weighted by atomic mass is 16.3. The molecular weight excluding hydrogens is 1910 g/mol. The summed E-state index contributed by atoms with van der Waals surface area (Å²) in [5, 5.41) is 60.2. The van der Waals surface area contributed by atoms with Gasteiger partial charge in [-0.2, -0.15) is 0 Å². The number of nitrogens with one attached hydrogen (secondary N) is 20. The van der Waals surface area contributed by atoms with Crippen molar-refractivity contribution >= 4 is 148 Å². The van der Waals surface area contributed by atoms with Crippen LogP contribution in [-0.2, 0) is 126 Å². The van der Waals surface area contributed by atoms with E-state index in [-0.39, 0.29) is 56.9 Å². The van der Waals surface area contributed by atoms with Crippen molar-refractivity contribution in [3.63, 3.8) is 0 Å². The fraction of sp³-hybridized carbons (Fsp3) is 0.674. The van der Waals surface area contributed by atoms with Gasteiger partial charge in [-0.15, -0.1) is 0 Å². The van der Waals surface area contributed by atoms with Crippen LogP contribution in [0.3, 0.4) is 0 Å². The second kappa shape index (κ2) is 56.4. The molecule has 1 fully saturated rings. The number of nitrogens with two attached hydrogens (primary N) is 4. The molecule has 25 amide bonds. The second-order valence-electron chi connectivity index (χ2n) is 41.6. The predicted octanol–water partition coefficient (Wildman–Crippen LogP) is -6.68. The minimum Gasteiger partial charge on any atom is -0.394 e. The molecule has 1 aromatic rings. The zero-order valence-electron chi connectivity index (χ0n) is 88.3. The Bertz CT molecular complexity index is 4920. The van der Waals surface area contributed by atoms with Gasteiger partial charge < -0.3 is 139 Å². The number of hydrogen-bond donors (Lipinski definition) is 25. The molecule has 13 atom stereocenters. The quantitative estimate of drug-likeness (QED) is 0.0288. The first-order chi connectivity index (χ1) is 67.0. The molecule has 0 aliphatic carbocycles. The zero-order valence-corrected chi connectivity index (χ0v) is 88.3. The minimum atomic E-state index is -1.92. The van der Waals surface area contributed by atoms with Gasteiger partial charge in [-0.25, -0.2) is 0 Å². The molecular formula is C95H157N25O26. The molecule has 1 aliphatic heterocycles. The number of aliphatic hydroxyl groups is 1. The number of nitrogens with zero attached hydrogens (tertiary/aromatic N) is 1. The first-order valence-corrected chi connectivity index (χ1v) is 48.3. The zero-order chi connectivity index (χ0) is 112. The van der Waals surface area contributed by atoms with Crippen molar-refractivity contribution in [3.8, 4) is 0 Å². The van der Waals surface area contributed by atoms with Gasteiger partial charge >= 0.3 is 0 Å². The number of benzene rings is 1. The highest BCUT2D eigenvalue weighted by Crippen LogP contribution is 2.25. The van der Waals surface area contributed by atoms with Crippen molar-refractivity contribution in [1.29, 1.82) is 0 Å². The van der Waals surface area contributed by atoms with Gasteiger partial charge in [0, 0.05) is 39.2 Å². The Labute approximate surface area is 850 Å². The molecule has 51 nitrogen and oxygen atoms in total. The van der Waals surface area contributed by atoms with Gasteiger partial charge in [0.05, 0.1) is 19.2 Å². The fourth-order valence-electron chi connectivity index (χ4n) is 14.5. The average Bonchev–Trinajstić information content (AvgIpc) is 1.62. The van der Waals surface area contributed by atoms with E-state index >= 15 is 0 Å². The Morgan fingerprint density at radius 1 is 0.349 bits per heavy atom. The van der Waals surface area contributed by atoms with Crippen LogP contribution in [0.4, 0.5) is 0 Å². The van der Waals surface area contributed by atoms with Gasteiger partial charge in [-0.3, -0.25) is 120 Å². The summed E-state index contributed by atoms with van der Waals surface area (Å²) < 4.78 is 0. The van der Waals surface area contributed by atoms with Crippen LogP contribution in [0.5, 0.6) is 0 Å². The number of amides is 25. The highest BCUT2D eigenvalue weighted by molar-refractivity contribution is 6.05. The smallest absolute Gasteiger partial charge is 0.248 e. The van der Waals surface area contributed by atoms with Crippen molar-refractivity contribution in [2.24, 2.45) is 40.7 Å². The Balaban J connectivity index is 2.21. The summed E-state index contributed by atoms with van der Waals surface area (Å²) in [5.41, 5.74) is 9.89. The molecule has 0 unspecified atom stereocenters. The lowest BCUT2D eigenvalue weighted by molar-refractivity contribution is -0.146. The molecule has 0 spiro atoms. The van der Waals surface area contributed by atoms with E-state index in [0.29, 0.717) is 0 Å². The molecule has 0 saturated carbocycles. The number of rotatable bonds is 60. The van der Waals surface area contributed by atoms with Gasteiger partial charge in [0.25, 0.3) is 0 Å². The molecule has 1 saturated heterocycles. The van der Waals surface area contributed by atoms with E-state index in [4.69, 9.17) is 22.9 Å². The maximum absolute atomic E-state index is 14.6. The van der Waals surface area contributed by atoms with Crippen LogP contribution < -0.4 is 129 Å². The number of hydrogen-bond acceptors (Lipinski definition) is 26. The van der Waals surface area contributed by atoms with E-state index in [0.717, 1.165) is 5.56 Å². The second-order valence-corrected chi connectivity index (χ2v) is 41.6. The number of primary amides is 4. The standard InChI is InChI=1S/C95H157N25O26/c1-47(2)42-61(106-68(127)45-100-82(140)89(12,13)116-79(137)62(43-48(3)4)111-85(143)92(18,19)115-77(135)60(36-40-67(99)126)110-86(144)93(20,21)119-87(145)94(22,23)114-73(131)53(10)102-70(128)50(7)101-71(129)51(8)103-83(141)90(14,15)113-54(11)122)78(136)117-95(24,25)88(146)120-41-29-32-63(120)80(138)112-69(49(5)6)81(139)118-91(16,17)84(142)104-52(9)72(130)107-58(34-38-65(97)124)75(133)109-59(35-39-66(98)125)76(134)108-57(33-37-64(96)123)74(132)105-56(46-121)44-55-30-27-26-28-31-55/h26-28,30-31,47-53,56-63,69,121H,29,32-46H2,1-25H3,(H2,96,123)(H2,97,124)(H2,98,125)(H2,99,126)(H,100,140)(H,101,129)(H,102,128)(H,103,141)(H,104,142)(H,105,132)(H,106,127)(H,107,130)(H,108,134)(H,109,133)(H,110,144)(H,111,143)(H,112,138)(H,113,122)(H,114,131)(H,115,135)(H,116,137)(H,117,136)(H,118,139)(H,119,145)/t50-,51-,52-,53-,56-,57-,58-,59-,60-,61-,62-,63-,69-/m0/s1. The lowest BCUT2D eigenvalue weighted by Gasteiger charge is -2.35. The maximum atomic E-state index is 14.6. The van der Waals surface area contributed by atoms with Crippen molar-refractivity contribution < 1.29 is 125 Å². The van der Waals surface area contributed by atoms with Gasteiger partial charge in [0.2, 0.25) is 148 Å². The van der Waals surface area contributed by atoms with Crippen molar-refractivity contribution in [2.75, 3.05) is 19.7 Å². The third-order valence-corrected chi connectivity index (χ3v) is 23.3. The van der Waals surface area contributed by atoms with Crippen molar-refractivity contribution in [2.45, 2.75) is 374 Å². The lowest BCUT2D eigenvalue weighted by atomic mass is 9.96.